The lowest BCUT2D eigenvalue weighted by atomic mass is 9.95. The van der Waals surface area contributed by atoms with E-state index in [0.29, 0.717) is 10.8 Å². The Balaban J connectivity index is 1.48. The van der Waals surface area contributed by atoms with E-state index in [1.807, 2.05) is 30.3 Å². The largest absolute Gasteiger partial charge is 0.495 e. The number of methoxy groups -OCH3 is 1. The summed E-state index contributed by atoms with van der Waals surface area (Å²) in [6.07, 6.45) is 3.04. The average molecular weight is 465 g/mol. The van der Waals surface area contributed by atoms with Crippen LogP contribution in [0.3, 0.4) is 0 Å². The van der Waals surface area contributed by atoms with Crippen LogP contribution in [-0.2, 0) is 6.54 Å². The number of unbranched alkanes of at least 4 members (excludes halogenated alkanes) is 1. The fourth-order valence-electron chi connectivity index (χ4n) is 4.73. The molecular weight excluding hydrogens is 432 g/mol. The van der Waals surface area contributed by atoms with Gasteiger partial charge in [-0.05, 0) is 29.5 Å². The summed E-state index contributed by atoms with van der Waals surface area (Å²) in [5.41, 5.74) is 2.10. The third-order valence-electron chi connectivity index (χ3n) is 6.65. The summed E-state index contributed by atoms with van der Waals surface area (Å²) in [6.45, 7) is 6.96. The molecule has 0 radical (unpaired) electrons. The van der Waals surface area contributed by atoms with Gasteiger partial charge in [0.1, 0.15) is 5.75 Å². The minimum Gasteiger partial charge on any atom is -0.495 e. The molecule has 3 aromatic carbocycles. The number of piperazine rings is 1. The number of rotatable bonds is 9. The van der Waals surface area contributed by atoms with Crippen LogP contribution in [0.2, 0.25) is 5.02 Å². The van der Waals surface area contributed by atoms with Crippen LogP contribution in [0, 0.1) is 0 Å². The zero-order chi connectivity index (χ0) is 23.2. The molecule has 0 aliphatic carbocycles. The highest BCUT2D eigenvalue weighted by Gasteiger charge is 2.29. The van der Waals surface area contributed by atoms with Gasteiger partial charge in [-0.1, -0.05) is 79.9 Å². The number of hydrogen-bond donors (Lipinski definition) is 0. The standard InChI is InChI=1S/C28H33ClN2O2/c1-3-4-10-25(31-17-15-30(16-18-31)20-21-8-6-5-7-9-21)28(32)23-11-13-24-22(19-23)12-14-26(33-2)27(24)29/h5-9,11-14,19,25H,3-4,10,15-18,20H2,1-2H3. The van der Waals surface area contributed by atoms with Crippen molar-refractivity contribution in [1.29, 1.82) is 0 Å². The number of carbonyl (C=O) groups is 1. The molecule has 0 spiro atoms. The van der Waals surface area contributed by atoms with E-state index >= 15 is 0 Å². The third kappa shape index (κ3) is 5.57. The van der Waals surface area contributed by atoms with Gasteiger partial charge in [-0.2, -0.15) is 0 Å². The summed E-state index contributed by atoms with van der Waals surface area (Å²) in [7, 11) is 1.61. The molecule has 1 heterocycles. The van der Waals surface area contributed by atoms with Gasteiger partial charge in [-0.25, -0.2) is 0 Å². The monoisotopic (exact) mass is 464 g/mol. The predicted molar refractivity (Wildman–Crippen MR) is 136 cm³/mol. The molecule has 3 aromatic rings. The van der Waals surface area contributed by atoms with Gasteiger partial charge in [-0.3, -0.25) is 14.6 Å². The Morgan fingerprint density at radius 3 is 2.48 bits per heavy atom. The van der Waals surface area contributed by atoms with Gasteiger partial charge in [0.15, 0.2) is 5.78 Å². The molecule has 1 atom stereocenters. The topological polar surface area (TPSA) is 32.8 Å². The Kier molecular flexibility index (Phi) is 8.02. The van der Waals surface area contributed by atoms with Gasteiger partial charge >= 0.3 is 0 Å². The van der Waals surface area contributed by atoms with Gasteiger partial charge < -0.3 is 4.74 Å². The normalized spacial score (nSPS) is 16.1. The first-order chi connectivity index (χ1) is 16.1. The van der Waals surface area contributed by atoms with Crippen molar-refractivity contribution in [3.8, 4) is 5.75 Å². The lowest BCUT2D eigenvalue weighted by Crippen LogP contribution is -2.52. The van der Waals surface area contributed by atoms with Crippen LogP contribution < -0.4 is 4.74 Å². The maximum Gasteiger partial charge on any atom is 0.179 e. The molecule has 1 fully saturated rings. The zero-order valence-electron chi connectivity index (χ0n) is 19.6. The highest BCUT2D eigenvalue weighted by Crippen LogP contribution is 2.33. The number of carbonyl (C=O) groups excluding carboxylic acids is 1. The number of ketones is 1. The van der Waals surface area contributed by atoms with E-state index < -0.39 is 0 Å². The first-order valence-electron chi connectivity index (χ1n) is 11.9. The van der Waals surface area contributed by atoms with E-state index in [0.717, 1.165) is 68.3 Å². The second kappa shape index (κ2) is 11.1. The molecule has 5 heteroatoms. The lowest BCUT2D eigenvalue weighted by molar-refractivity contribution is 0.0628. The third-order valence-corrected chi connectivity index (χ3v) is 7.04. The van der Waals surface area contributed by atoms with Crippen molar-refractivity contribution in [2.75, 3.05) is 33.3 Å². The van der Waals surface area contributed by atoms with Crippen molar-refractivity contribution in [3.63, 3.8) is 0 Å². The smallest absolute Gasteiger partial charge is 0.179 e. The molecule has 0 N–H and O–H groups in total. The Labute approximate surface area is 202 Å². The quantitative estimate of drug-likeness (QED) is 0.360. The molecule has 4 rings (SSSR count). The molecule has 0 amide bonds. The zero-order valence-corrected chi connectivity index (χ0v) is 20.4. The first kappa shape index (κ1) is 23.7. The van der Waals surface area contributed by atoms with Crippen molar-refractivity contribution in [3.05, 3.63) is 76.8 Å². The number of benzene rings is 3. The SMILES string of the molecule is CCCCC(C(=O)c1ccc2c(Cl)c(OC)ccc2c1)N1CCN(Cc2ccccc2)CC1. The fourth-order valence-corrected chi connectivity index (χ4v) is 5.04. The van der Waals surface area contributed by atoms with Crippen molar-refractivity contribution in [2.24, 2.45) is 0 Å². The van der Waals surface area contributed by atoms with E-state index in [1.165, 1.54) is 5.56 Å². The lowest BCUT2D eigenvalue weighted by Gasteiger charge is -2.39. The molecule has 1 aliphatic heterocycles. The van der Waals surface area contributed by atoms with Crippen LogP contribution >= 0.6 is 11.6 Å². The Hall–Kier alpha value is -2.40. The number of fused-ring (bicyclic) bond motifs is 1. The van der Waals surface area contributed by atoms with Crippen LogP contribution in [0.25, 0.3) is 10.8 Å². The molecule has 1 aliphatic rings. The minimum absolute atomic E-state index is 0.0741. The maximum absolute atomic E-state index is 13.7. The van der Waals surface area contributed by atoms with Crippen molar-refractivity contribution in [1.82, 2.24) is 9.80 Å². The summed E-state index contributed by atoms with van der Waals surface area (Å²) >= 11 is 6.48. The summed E-state index contributed by atoms with van der Waals surface area (Å²) in [6, 6.07) is 20.2. The molecule has 33 heavy (non-hydrogen) atoms. The Bertz CT molecular complexity index is 1080. The molecule has 174 valence electrons. The Morgan fingerprint density at radius 1 is 1.03 bits per heavy atom. The van der Waals surface area contributed by atoms with Gasteiger partial charge in [-0.15, -0.1) is 0 Å². The molecular formula is C28H33ClN2O2. The number of nitrogens with zero attached hydrogens (tertiary/aromatic N) is 2. The first-order valence-corrected chi connectivity index (χ1v) is 12.3. The second-order valence-corrected chi connectivity index (χ2v) is 9.22. The predicted octanol–water partition coefficient (Wildman–Crippen LogP) is 6.06. The van der Waals surface area contributed by atoms with Crippen molar-refractivity contribution >= 4 is 28.2 Å². The van der Waals surface area contributed by atoms with Crippen molar-refractivity contribution < 1.29 is 9.53 Å². The van der Waals surface area contributed by atoms with E-state index in [-0.39, 0.29) is 11.8 Å². The summed E-state index contributed by atoms with van der Waals surface area (Å²) in [5, 5.41) is 2.46. The van der Waals surface area contributed by atoms with Crippen LogP contribution in [0.4, 0.5) is 0 Å². The van der Waals surface area contributed by atoms with E-state index in [2.05, 4.69) is 47.1 Å². The number of hydrogen-bond acceptors (Lipinski definition) is 4. The van der Waals surface area contributed by atoms with Gasteiger partial charge in [0.05, 0.1) is 18.2 Å². The van der Waals surface area contributed by atoms with Crippen LogP contribution in [0.5, 0.6) is 5.75 Å². The van der Waals surface area contributed by atoms with E-state index in [4.69, 9.17) is 16.3 Å². The number of halogens is 1. The fraction of sp³-hybridized carbons (Fsp3) is 0.393. The Morgan fingerprint density at radius 2 is 1.79 bits per heavy atom. The maximum atomic E-state index is 13.7. The van der Waals surface area contributed by atoms with E-state index in [1.54, 1.807) is 7.11 Å². The molecule has 0 bridgehead atoms. The summed E-state index contributed by atoms with van der Waals surface area (Å²) < 4.78 is 5.33. The summed E-state index contributed by atoms with van der Waals surface area (Å²) in [5.74, 6) is 0.867. The number of ether oxygens (including phenoxy) is 1. The van der Waals surface area contributed by atoms with Gasteiger partial charge in [0, 0.05) is 43.7 Å². The van der Waals surface area contributed by atoms with Crippen LogP contribution in [0.15, 0.2) is 60.7 Å². The molecule has 1 saturated heterocycles. The second-order valence-electron chi connectivity index (χ2n) is 8.84. The minimum atomic E-state index is -0.0741. The van der Waals surface area contributed by atoms with Gasteiger partial charge in [0.2, 0.25) is 0 Å². The highest BCUT2D eigenvalue weighted by atomic mass is 35.5. The molecule has 1 unspecified atom stereocenters. The molecule has 0 saturated carbocycles. The van der Waals surface area contributed by atoms with Crippen LogP contribution in [-0.4, -0.2) is 54.9 Å². The van der Waals surface area contributed by atoms with Gasteiger partial charge in [0.25, 0.3) is 0 Å². The van der Waals surface area contributed by atoms with E-state index in [9.17, 15) is 4.79 Å². The number of Topliss-reactive ketones (excluding diaryl/α,β-unsaturated/α-hetero) is 1. The molecule has 0 aromatic heterocycles. The average Bonchev–Trinajstić information content (AvgIpc) is 2.86. The van der Waals surface area contributed by atoms with Crippen LogP contribution in [0.1, 0.15) is 42.1 Å². The summed E-state index contributed by atoms with van der Waals surface area (Å²) in [4.78, 5) is 18.5. The molecule has 4 nitrogen and oxygen atoms in total. The van der Waals surface area contributed by atoms with Crippen molar-refractivity contribution in [2.45, 2.75) is 38.8 Å². The highest BCUT2D eigenvalue weighted by molar-refractivity contribution is 6.37.